The molecule has 0 fully saturated rings. The lowest BCUT2D eigenvalue weighted by molar-refractivity contribution is -0.384. The third-order valence-electron chi connectivity index (χ3n) is 5.67. The Bertz CT molecular complexity index is 1260. The monoisotopic (exact) mass is 463 g/mol. The topological polar surface area (TPSA) is 92.6 Å². The molecule has 0 saturated heterocycles. The van der Waals surface area contributed by atoms with Crippen molar-refractivity contribution in [2.45, 2.75) is 33.6 Å². The maximum atomic E-state index is 14.1. The smallest absolute Gasteiger partial charge is 0.305 e. The number of carbonyl (C=O) groups excluding carboxylic acids is 2. The van der Waals surface area contributed by atoms with Crippen LogP contribution in [0.1, 0.15) is 57.2 Å². The highest BCUT2D eigenvalue weighted by Crippen LogP contribution is 2.34. The fourth-order valence-corrected chi connectivity index (χ4v) is 3.81. The highest BCUT2D eigenvalue weighted by molar-refractivity contribution is 6.12. The van der Waals surface area contributed by atoms with Crippen LogP contribution in [0.15, 0.2) is 54.6 Å². The molecule has 0 radical (unpaired) electrons. The number of aryl methyl sites for hydroxylation is 2. The number of rotatable bonds is 6. The number of hydrogen-bond acceptors (Lipinski definition) is 4. The third-order valence-corrected chi connectivity index (χ3v) is 5.67. The summed E-state index contributed by atoms with van der Waals surface area (Å²) in [7, 11) is 1.30. The molecule has 0 heterocycles. The van der Waals surface area contributed by atoms with Gasteiger partial charge in [-0.1, -0.05) is 44.2 Å². The molecule has 0 atom stereocenters. The van der Waals surface area contributed by atoms with E-state index in [1.54, 1.807) is 0 Å². The Kier molecular flexibility index (Phi) is 7.10. The number of carbonyl (C=O) groups is 2. The van der Waals surface area contributed by atoms with Crippen molar-refractivity contribution in [3.05, 3.63) is 98.3 Å². The van der Waals surface area contributed by atoms with Gasteiger partial charge < -0.3 is 10.2 Å². The first kappa shape index (κ1) is 24.6. The summed E-state index contributed by atoms with van der Waals surface area (Å²) in [5, 5.41) is 14.8. The minimum atomic E-state index is -0.769. The number of anilines is 2. The maximum Gasteiger partial charge on any atom is 0.305 e. The van der Waals surface area contributed by atoms with Gasteiger partial charge in [0.25, 0.3) is 11.8 Å². The quantitative estimate of drug-likeness (QED) is 0.358. The van der Waals surface area contributed by atoms with E-state index in [2.05, 4.69) is 19.2 Å². The van der Waals surface area contributed by atoms with Crippen LogP contribution >= 0.6 is 0 Å². The minimum absolute atomic E-state index is 0.116. The van der Waals surface area contributed by atoms with E-state index in [0.29, 0.717) is 11.6 Å². The second-order valence-corrected chi connectivity index (χ2v) is 8.41. The van der Waals surface area contributed by atoms with Crippen LogP contribution < -0.4 is 10.2 Å². The number of nitrogens with one attached hydrogen (secondary N) is 1. The SMILES string of the molecule is Cc1cc(C(C)C)cc(C)c1NC(=O)c1cccc(N(C)C(=O)c2ccccc2F)c1[N+](=O)[O-]. The van der Waals surface area contributed by atoms with Gasteiger partial charge in [0, 0.05) is 12.7 Å². The average molecular weight is 464 g/mol. The molecule has 0 aliphatic rings. The summed E-state index contributed by atoms with van der Waals surface area (Å²) in [6.07, 6.45) is 0. The highest BCUT2D eigenvalue weighted by Gasteiger charge is 2.30. The van der Waals surface area contributed by atoms with E-state index in [4.69, 9.17) is 0 Å². The molecule has 0 spiro atoms. The summed E-state index contributed by atoms with van der Waals surface area (Å²) in [5.41, 5.74) is 2.27. The first-order valence-electron chi connectivity index (χ1n) is 10.7. The van der Waals surface area contributed by atoms with Crippen molar-refractivity contribution in [1.82, 2.24) is 0 Å². The summed E-state index contributed by atoms with van der Waals surface area (Å²) in [5.74, 6) is -1.88. The predicted octanol–water partition coefficient (Wildman–Crippen LogP) is 6.00. The molecule has 3 aromatic rings. The number of nitro benzene ring substituents is 1. The zero-order valence-electron chi connectivity index (χ0n) is 19.7. The number of nitrogens with zero attached hydrogens (tertiary/aromatic N) is 2. The van der Waals surface area contributed by atoms with Crippen LogP contribution in [0, 0.1) is 29.8 Å². The molecule has 34 heavy (non-hydrogen) atoms. The molecule has 0 aromatic heterocycles. The molecule has 0 aliphatic heterocycles. The van der Waals surface area contributed by atoms with Gasteiger partial charge in [0.15, 0.2) is 0 Å². The minimum Gasteiger partial charge on any atom is -0.321 e. The fourth-order valence-electron chi connectivity index (χ4n) is 3.81. The number of para-hydroxylation sites is 1. The predicted molar refractivity (Wildman–Crippen MR) is 130 cm³/mol. The average Bonchev–Trinajstić information content (AvgIpc) is 2.79. The first-order chi connectivity index (χ1) is 16.0. The van der Waals surface area contributed by atoms with Crippen LogP contribution in [-0.2, 0) is 0 Å². The second kappa shape index (κ2) is 9.82. The Morgan fingerprint density at radius 1 is 1.00 bits per heavy atom. The van der Waals surface area contributed by atoms with Crippen LogP contribution in [0.25, 0.3) is 0 Å². The zero-order chi connectivity index (χ0) is 25.2. The van der Waals surface area contributed by atoms with Gasteiger partial charge in [-0.25, -0.2) is 4.39 Å². The summed E-state index contributed by atoms with van der Waals surface area (Å²) >= 11 is 0. The highest BCUT2D eigenvalue weighted by atomic mass is 19.1. The van der Waals surface area contributed by atoms with Crippen molar-refractivity contribution in [3.8, 4) is 0 Å². The summed E-state index contributed by atoms with van der Waals surface area (Å²) in [4.78, 5) is 38.3. The van der Waals surface area contributed by atoms with Crippen molar-refractivity contribution >= 4 is 28.9 Å². The van der Waals surface area contributed by atoms with E-state index < -0.39 is 28.2 Å². The zero-order valence-corrected chi connectivity index (χ0v) is 19.7. The maximum absolute atomic E-state index is 14.1. The number of nitro groups is 1. The molecule has 0 aliphatic carbocycles. The second-order valence-electron chi connectivity index (χ2n) is 8.41. The molecule has 0 unspecified atom stereocenters. The molecule has 0 bridgehead atoms. The Morgan fingerprint density at radius 2 is 1.59 bits per heavy atom. The van der Waals surface area contributed by atoms with E-state index in [0.717, 1.165) is 27.7 Å². The summed E-state index contributed by atoms with van der Waals surface area (Å²) in [6, 6.07) is 13.4. The van der Waals surface area contributed by atoms with E-state index in [1.807, 2.05) is 26.0 Å². The Morgan fingerprint density at radius 3 is 2.15 bits per heavy atom. The van der Waals surface area contributed by atoms with Crippen molar-refractivity contribution in [2.75, 3.05) is 17.3 Å². The molecule has 7 nitrogen and oxygen atoms in total. The number of hydrogen-bond donors (Lipinski definition) is 1. The van der Waals surface area contributed by atoms with E-state index in [-0.39, 0.29) is 16.8 Å². The lowest BCUT2D eigenvalue weighted by Gasteiger charge is -2.19. The van der Waals surface area contributed by atoms with Crippen molar-refractivity contribution in [1.29, 1.82) is 0 Å². The molecule has 2 amide bonds. The normalized spacial score (nSPS) is 10.8. The molecular weight excluding hydrogens is 437 g/mol. The van der Waals surface area contributed by atoms with Gasteiger partial charge in [-0.05, 0) is 60.7 Å². The lowest BCUT2D eigenvalue weighted by Crippen LogP contribution is -2.28. The Balaban J connectivity index is 2.02. The van der Waals surface area contributed by atoms with E-state index >= 15 is 0 Å². The first-order valence-corrected chi connectivity index (χ1v) is 10.7. The van der Waals surface area contributed by atoms with E-state index in [1.165, 1.54) is 43.4 Å². The standard InChI is InChI=1S/C26H26FN3O4/c1-15(2)18-13-16(3)23(17(4)14-18)28-25(31)20-10-8-12-22(24(20)30(33)34)29(5)26(32)19-9-6-7-11-21(19)27/h6-15H,1-5H3,(H,28,31). The largest absolute Gasteiger partial charge is 0.321 e. The molecule has 8 heteroatoms. The van der Waals surface area contributed by atoms with Gasteiger partial charge in [0.1, 0.15) is 17.1 Å². The van der Waals surface area contributed by atoms with Crippen LogP contribution in [0.5, 0.6) is 0 Å². The molecule has 176 valence electrons. The van der Waals surface area contributed by atoms with Crippen molar-refractivity contribution in [3.63, 3.8) is 0 Å². The van der Waals surface area contributed by atoms with Crippen molar-refractivity contribution in [2.24, 2.45) is 0 Å². The van der Waals surface area contributed by atoms with Crippen molar-refractivity contribution < 1.29 is 18.9 Å². The van der Waals surface area contributed by atoms with Crippen LogP contribution in [0.2, 0.25) is 0 Å². The van der Waals surface area contributed by atoms with Gasteiger partial charge >= 0.3 is 5.69 Å². The fraction of sp³-hybridized carbons (Fsp3) is 0.231. The number of amides is 2. The lowest BCUT2D eigenvalue weighted by atomic mass is 9.96. The van der Waals surface area contributed by atoms with Crippen LogP contribution in [-0.4, -0.2) is 23.8 Å². The summed E-state index contributed by atoms with van der Waals surface area (Å²) in [6.45, 7) is 7.86. The molecule has 3 rings (SSSR count). The Hall–Kier alpha value is -4.07. The third kappa shape index (κ3) is 4.80. The van der Waals surface area contributed by atoms with E-state index in [9.17, 15) is 24.1 Å². The van der Waals surface area contributed by atoms with Gasteiger partial charge in [0.05, 0.1) is 10.5 Å². The van der Waals surface area contributed by atoms with Crippen LogP contribution in [0.4, 0.5) is 21.5 Å². The Labute approximate surface area is 197 Å². The molecule has 0 saturated carbocycles. The van der Waals surface area contributed by atoms with Gasteiger partial charge in [-0.2, -0.15) is 0 Å². The number of halogens is 1. The molecular formula is C26H26FN3O4. The number of benzene rings is 3. The van der Waals surface area contributed by atoms with Gasteiger partial charge in [-0.15, -0.1) is 0 Å². The van der Waals surface area contributed by atoms with Gasteiger partial charge in [-0.3, -0.25) is 19.7 Å². The molecule has 1 N–H and O–H groups in total. The molecule has 3 aromatic carbocycles. The summed E-state index contributed by atoms with van der Waals surface area (Å²) < 4.78 is 14.1. The van der Waals surface area contributed by atoms with Crippen LogP contribution in [0.3, 0.4) is 0 Å². The van der Waals surface area contributed by atoms with Gasteiger partial charge in [0.2, 0.25) is 0 Å².